The lowest BCUT2D eigenvalue weighted by molar-refractivity contribution is 0.251. The second-order valence-corrected chi connectivity index (χ2v) is 7.50. The van der Waals surface area contributed by atoms with Crippen molar-refractivity contribution in [2.24, 2.45) is 0 Å². The van der Waals surface area contributed by atoms with E-state index in [1.165, 1.54) is 0 Å². The van der Waals surface area contributed by atoms with E-state index in [0.717, 1.165) is 22.9 Å². The first-order chi connectivity index (χ1) is 13.7. The van der Waals surface area contributed by atoms with Gasteiger partial charge in [0.15, 0.2) is 5.82 Å². The number of benzene rings is 1. The lowest BCUT2D eigenvalue weighted by atomic mass is 9.91. The first-order valence-electron chi connectivity index (χ1n) is 8.96. The highest BCUT2D eigenvalue weighted by Gasteiger charge is 2.28. The molecule has 7 nitrogen and oxygen atoms in total. The number of halogens is 2. The van der Waals surface area contributed by atoms with E-state index in [-0.39, 0.29) is 23.7 Å². The molecule has 0 atom stereocenters. The van der Waals surface area contributed by atoms with E-state index in [9.17, 15) is 13.6 Å². The van der Waals surface area contributed by atoms with Crippen LogP contribution in [-0.4, -0.2) is 20.8 Å². The van der Waals surface area contributed by atoms with Gasteiger partial charge in [-0.05, 0) is 24.3 Å². The van der Waals surface area contributed by atoms with Crippen LogP contribution < -0.4 is 16.4 Å². The summed E-state index contributed by atoms with van der Waals surface area (Å²) in [5.74, 6) is -1.32. The molecule has 0 unspecified atom stereocenters. The van der Waals surface area contributed by atoms with Crippen LogP contribution >= 0.6 is 0 Å². The zero-order valence-electron chi connectivity index (χ0n) is 16.3. The molecule has 3 rings (SSSR count). The minimum Gasteiger partial charge on any atom is -0.382 e. The summed E-state index contributed by atoms with van der Waals surface area (Å²) in [5, 5.41) is 9.72. The summed E-state index contributed by atoms with van der Waals surface area (Å²) in [7, 11) is 0. The highest BCUT2D eigenvalue weighted by Crippen LogP contribution is 2.35. The normalized spacial score (nSPS) is 11.3. The van der Waals surface area contributed by atoms with Crippen LogP contribution in [0, 0.1) is 11.6 Å². The number of nitrogens with one attached hydrogen (secondary N) is 2. The molecule has 2 heterocycles. The molecular weight excluding hydrogens is 378 g/mol. The maximum Gasteiger partial charge on any atom is 0.319 e. The quantitative estimate of drug-likeness (QED) is 0.621. The molecule has 0 bridgehead atoms. The molecule has 1 aromatic carbocycles. The van der Waals surface area contributed by atoms with Crippen molar-refractivity contribution in [2.75, 3.05) is 11.1 Å². The van der Waals surface area contributed by atoms with Crippen molar-refractivity contribution >= 4 is 17.5 Å². The van der Waals surface area contributed by atoms with Crippen LogP contribution in [0.25, 0.3) is 5.69 Å². The topological polar surface area (TPSA) is 97.9 Å². The fourth-order valence-electron chi connectivity index (χ4n) is 2.74. The van der Waals surface area contributed by atoms with Crippen molar-refractivity contribution in [1.82, 2.24) is 20.1 Å². The number of anilines is 2. The summed E-state index contributed by atoms with van der Waals surface area (Å²) in [6.07, 6.45) is 1.63. The fraction of sp³-hybridized carbons (Fsp3) is 0.250. The molecule has 0 spiro atoms. The average molecular weight is 400 g/mol. The predicted octanol–water partition coefficient (Wildman–Crippen LogP) is 3.75. The van der Waals surface area contributed by atoms with E-state index < -0.39 is 23.1 Å². The number of carbonyl (C=O) groups excluding carboxylic acids is 1. The number of nitrogens with two attached hydrogens (primary N) is 1. The van der Waals surface area contributed by atoms with Crippen LogP contribution in [-0.2, 0) is 12.0 Å². The fourth-order valence-corrected chi connectivity index (χ4v) is 2.74. The van der Waals surface area contributed by atoms with Crippen LogP contribution in [0.15, 0.2) is 42.6 Å². The van der Waals surface area contributed by atoms with Gasteiger partial charge in [0.2, 0.25) is 0 Å². The van der Waals surface area contributed by atoms with Crippen molar-refractivity contribution < 1.29 is 13.6 Å². The van der Waals surface area contributed by atoms with E-state index in [4.69, 9.17) is 5.73 Å². The Morgan fingerprint density at radius 3 is 2.62 bits per heavy atom. The van der Waals surface area contributed by atoms with Gasteiger partial charge in [0.05, 0.1) is 17.9 Å². The lowest BCUT2D eigenvalue weighted by Crippen LogP contribution is -2.30. The summed E-state index contributed by atoms with van der Waals surface area (Å²) in [6.45, 7) is 5.83. The third-order valence-electron chi connectivity index (χ3n) is 4.16. The van der Waals surface area contributed by atoms with Crippen LogP contribution in [0.4, 0.5) is 25.1 Å². The molecule has 0 aliphatic carbocycles. The minimum absolute atomic E-state index is 0.00703. The molecule has 152 valence electrons. The molecule has 4 N–H and O–H groups in total. The summed E-state index contributed by atoms with van der Waals surface area (Å²) >= 11 is 0. The Balaban J connectivity index is 1.92. The molecule has 3 aromatic rings. The van der Waals surface area contributed by atoms with Gasteiger partial charge in [-0.3, -0.25) is 4.98 Å². The van der Waals surface area contributed by atoms with Gasteiger partial charge in [-0.25, -0.2) is 18.3 Å². The van der Waals surface area contributed by atoms with Gasteiger partial charge in [0, 0.05) is 17.7 Å². The summed E-state index contributed by atoms with van der Waals surface area (Å²) in [5.41, 5.74) is 6.86. The molecule has 9 heteroatoms. The van der Waals surface area contributed by atoms with Gasteiger partial charge < -0.3 is 16.4 Å². The number of nitrogens with zero attached hydrogens (tertiary/aromatic N) is 3. The number of amides is 2. The largest absolute Gasteiger partial charge is 0.382 e. The number of carbonyl (C=O) groups is 1. The second-order valence-electron chi connectivity index (χ2n) is 7.50. The first kappa shape index (κ1) is 20.2. The number of hydrogen-bond acceptors (Lipinski definition) is 4. The van der Waals surface area contributed by atoms with Crippen molar-refractivity contribution in [2.45, 2.75) is 32.7 Å². The number of pyridine rings is 1. The van der Waals surface area contributed by atoms with Gasteiger partial charge in [0.25, 0.3) is 0 Å². The van der Waals surface area contributed by atoms with E-state index >= 15 is 0 Å². The highest BCUT2D eigenvalue weighted by atomic mass is 19.1. The molecule has 0 fully saturated rings. The Morgan fingerprint density at radius 2 is 1.97 bits per heavy atom. The van der Waals surface area contributed by atoms with Gasteiger partial charge in [-0.2, -0.15) is 5.10 Å². The molecule has 2 aromatic heterocycles. The van der Waals surface area contributed by atoms with E-state index in [1.54, 1.807) is 18.3 Å². The average Bonchev–Trinajstić information content (AvgIpc) is 2.99. The third kappa shape index (κ3) is 4.50. The van der Waals surface area contributed by atoms with E-state index in [2.05, 4.69) is 20.7 Å². The number of urea groups is 1. The van der Waals surface area contributed by atoms with Crippen molar-refractivity contribution in [3.63, 3.8) is 0 Å². The number of nitrogen functional groups attached to an aromatic ring is 1. The smallest absolute Gasteiger partial charge is 0.319 e. The van der Waals surface area contributed by atoms with Crippen LogP contribution in [0.2, 0.25) is 0 Å². The minimum atomic E-state index is -0.688. The molecule has 0 saturated carbocycles. The van der Waals surface area contributed by atoms with Gasteiger partial charge in [0.1, 0.15) is 23.0 Å². The zero-order chi connectivity index (χ0) is 21.2. The maximum atomic E-state index is 14.3. The Bertz CT molecular complexity index is 1030. The van der Waals surface area contributed by atoms with Crippen molar-refractivity contribution in [3.05, 3.63) is 65.6 Å². The predicted molar refractivity (Wildman–Crippen MR) is 107 cm³/mol. The Hall–Kier alpha value is -3.49. The molecule has 29 heavy (non-hydrogen) atoms. The monoisotopic (exact) mass is 400 g/mol. The van der Waals surface area contributed by atoms with E-state index in [0.29, 0.717) is 11.4 Å². The van der Waals surface area contributed by atoms with Crippen LogP contribution in [0.5, 0.6) is 0 Å². The summed E-state index contributed by atoms with van der Waals surface area (Å²) in [4.78, 5) is 16.5. The molecule has 2 amide bonds. The Morgan fingerprint density at radius 1 is 1.21 bits per heavy atom. The van der Waals surface area contributed by atoms with Gasteiger partial charge in [-0.1, -0.05) is 26.8 Å². The number of aromatic nitrogens is 3. The van der Waals surface area contributed by atoms with Crippen molar-refractivity contribution in [3.8, 4) is 5.69 Å². The molecule has 0 aliphatic rings. The Kier molecular flexibility index (Phi) is 5.49. The van der Waals surface area contributed by atoms with Crippen LogP contribution in [0.1, 0.15) is 32.2 Å². The highest BCUT2D eigenvalue weighted by molar-refractivity contribution is 5.93. The van der Waals surface area contributed by atoms with Gasteiger partial charge >= 0.3 is 6.03 Å². The molecular formula is C20H22F2N6O. The zero-order valence-corrected chi connectivity index (χ0v) is 16.3. The molecule has 0 saturated heterocycles. The van der Waals surface area contributed by atoms with Gasteiger partial charge in [-0.15, -0.1) is 0 Å². The lowest BCUT2D eigenvalue weighted by Gasteiger charge is -2.18. The number of rotatable bonds is 4. The second kappa shape index (κ2) is 7.86. The summed E-state index contributed by atoms with van der Waals surface area (Å²) in [6, 6.07) is 7.85. The molecule has 0 aliphatic heterocycles. The molecule has 0 radical (unpaired) electrons. The SMILES string of the molecule is CC(C)(C)c1nn(-c2cc(F)ccc2F)c(N)c1NC(=O)NCc1ccccn1. The first-order valence-corrected chi connectivity index (χ1v) is 8.96. The van der Waals surface area contributed by atoms with Crippen molar-refractivity contribution in [1.29, 1.82) is 0 Å². The van der Waals surface area contributed by atoms with E-state index in [1.807, 2.05) is 26.8 Å². The maximum absolute atomic E-state index is 14.3. The van der Waals surface area contributed by atoms with Crippen LogP contribution in [0.3, 0.4) is 0 Å². The number of hydrogen-bond donors (Lipinski definition) is 3. The standard InChI is InChI=1S/C20H22F2N6O/c1-20(2,3)17-16(26-19(29)25-11-13-6-4-5-9-24-13)18(23)28(27-17)15-10-12(21)7-8-14(15)22/h4-10H,11,23H2,1-3H3,(H2,25,26,29). The summed E-state index contributed by atoms with van der Waals surface area (Å²) < 4.78 is 29.0. The third-order valence-corrected chi connectivity index (χ3v) is 4.16. The Labute approximate surface area is 166 Å².